The first kappa shape index (κ1) is 13.8. The lowest BCUT2D eigenvalue weighted by Gasteiger charge is -2.09. The summed E-state index contributed by atoms with van der Waals surface area (Å²) in [6.45, 7) is 0.118. The molecule has 0 aromatic heterocycles. The van der Waals surface area contributed by atoms with Crippen molar-refractivity contribution in [2.45, 2.75) is 6.61 Å². The van der Waals surface area contributed by atoms with Crippen molar-refractivity contribution >= 4 is 23.6 Å². The van der Waals surface area contributed by atoms with Crippen LogP contribution in [0.3, 0.4) is 0 Å². The SMILES string of the molecule is O=C(Nc1cccc2c1C(=O)NC2=O)OCc1ccccc1. The summed E-state index contributed by atoms with van der Waals surface area (Å²) in [4.78, 5) is 35.1. The first-order valence-corrected chi connectivity index (χ1v) is 6.61. The number of amides is 3. The number of rotatable bonds is 3. The Labute approximate surface area is 126 Å². The number of nitrogens with one attached hydrogen (secondary N) is 2. The molecule has 3 amide bonds. The fraction of sp³-hybridized carbons (Fsp3) is 0.0625. The third kappa shape index (κ3) is 2.67. The number of ether oxygens (including phenoxy) is 1. The molecule has 0 saturated heterocycles. The molecule has 0 atom stereocenters. The second-order valence-electron chi connectivity index (χ2n) is 4.70. The smallest absolute Gasteiger partial charge is 0.411 e. The van der Waals surface area contributed by atoms with Gasteiger partial charge in [-0.05, 0) is 17.7 Å². The van der Waals surface area contributed by atoms with Crippen molar-refractivity contribution in [3.8, 4) is 0 Å². The quantitative estimate of drug-likeness (QED) is 0.851. The highest BCUT2D eigenvalue weighted by Gasteiger charge is 2.29. The Hall–Kier alpha value is -3.15. The van der Waals surface area contributed by atoms with Gasteiger partial charge in [-0.15, -0.1) is 0 Å². The molecule has 0 unspecified atom stereocenters. The monoisotopic (exact) mass is 296 g/mol. The number of anilines is 1. The number of hydrogen-bond acceptors (Lipinski definition) is 4. The maximum atomic E-state index is 11.8. The van der Waals surface area contributed by atoms with Crippen molar-refractivity contribution in [2.75, 3.05) is 5.32 Å². The molecule has 0 bridgehead atoms. The Morgan fingerprint density at radius 2 is 1.77 bits per heavy atom. The number of fused-ring (bicyclic) bond motifs is 1. The second-order valence-corrected chi connectivity index (χ2v) is 4.70. The van der Waals surface area contributed by atoms with Crippen LogP contribution in [0.15, 0.2) is 48.5 Å². The number of hydrogen-bond donors (Lipinski definition) is 2. The van der Waals surface area contributed by atoms with E-state index in [9.17, 15) is 14.4 Å². The van der Waals surface area contributed by atoms with Crippen LogP contribution >= 0.6 is 0 Å². The number of benzene rings is 2. The summed E-state index contributed by atoms with van der Waals surface area (Å²) in [5.74, 6) is -1.000. The summed E-state index contributed by atoms with van der Waals surface area (Å²) < 4.78 is 5.09. The Morgan fingerprint density at radius 1 is 1.00 bits per heavy atom. The molecule has 1 heterocycles. The zero-order chi connectivity index (χ0) is 15.5. The molecule has 3 rings (SSSR count). The topological polar surface area (TPSA) is 84.5 Å². The molecule has 110 valence electrons. The van der Waals surface area contributed by atoms with Gasteiger partial charge < -0.3 is 4.74 Å². The third-order valence-corrected chi connectivity index (χ3v) is 3.21. The minimum Gasteiger partial charge on any atom is -0.444 e. The second kappa shape index (κ2) is 5.69. The summed E-state index contributed by atoms with van der Waals surface area (Å²) in [5.41, 5.74) is 1.50. The number of imide groups is 1. The molecule has 1 aliphatic rings. The van der Waals surface area contributed by atoms with E-state index in [2.05, 4.69) is 10.6 Å². The van der Waals surface area contributed by atoms with E-state index in [1.54, 1.807) is 12.1 Å². The van der Waals surface area contributed by atoms with Crippen molar-refractivity contribution in [3.05, 3.63) is 65.2 Å². The van der Waals surface area contributed by atoms with E-state index >= 15 is 0 Å². The Kier molecular flexibility index (Phi) is 3.57. The largest absolute Gasteiger partial charge is 0.444 e. The predicted octanol–water partition coefficient (Wildman–Crippen LogP) is 2.32. The van der Waals surface area contributed by atoms with Crippen molar-refractivity contribution in [2.24, 2.45) is 0 Å². The first-order chi connectivity index (χ1) is 10.6. The first-order valence-electron chi connectivity index (χ1n) is 6.61. The average Bonchev–Trinajstić information content (AvgIpc) is 2.82. The molecule has 6 nitrogen and oxygen atoms in total. The molecule has 1 aliphatic heterocycles. The molecule has 0 radical (unpaired) electrons. The molecule has 2 aromatic rings. The molecule has 6 heteroatoms. The van der Waals surface area contributed by atoms with E-state index in [1.807, 2.05) is 30.3 Å². The van der Waals surface area contributed by atoms with E-state index in [0.717, 1.165) is 5.56 Å². The summed E-state index contributed by atoms with van der Waals surface area (Å²) >= 11 is 0. The van der Waals surface area contributed by atoms with Crippen LogP contribution in [0.4, 0.5) is 10.5 Å². The normalized spacial score (nSPS) is 12.5. The molecule has 2 aromatic carbocycles. The van der Waals surface area contributed by atoms with Gasteiger partial charge in [-0.1, -0.05) is 36.4 Å². The summed E-state index contributed by atoms with van der Waals surface area (Å²) in [6.07, 6.45) is -0.690. The van der Waals surface area contributed by atoms with E-state index in [-0.39, 0.29) is 23.4 Å². The third-order valence-electron chi connectivity index (χ3n) is 3.21. The van der Waals surface area contributed by atoms with Gasteiger partial charge in [0.05, 0.1) is 16.8 Å². The fourth-order valence-corrected chi connectivity index (χ4v) is 2.19. The Morgan fingerprint density at radius 3 is 2.55 bits per heavy atom. The van der Waals surface area contributed by atoms with Crippen LogP contribution < -0.4 is 10.6 Å². The van der Waals surface area contributed by atoms with Gasteiger partial charge in [0.15, 0.2) is 0 Å². The zero-order valence-electron chi connectivity index (χ0n) is 11.5. The molecule has 0 aliphatic carbocycles. The molecular weight excluding hydrogens is 284 g/mol. The molecule has 0 saturated carbocycles. The van der Waals surface area contributed by atoms with Gasteiger partial charge in [0.25, 0.3) is 11.8 Å². The Balaban J connectivity index is 1.70. The molecular formula is C16H12N2O4. The van der Waals surface area contributed by atoms with Crippen LogP contribution in [-0.4, -0.2) is 17.9 Å². The molecule has 2 N–H and O–H groups in total. The fourth-order valence-electron chi connectivity index (χ4n) is 2.19. The number of carbonyl (C=O) groups excluding carboxylic acids is 3. The maximum Gasteiger partial charge on any atom is 0.411 e. The van der Waals surface area contributed by atoms with E-state index in [4.69, 9.17) is 4.74 Å². The van der Waals surface area contributed by atoms with Gasteiger partial charge in [0.1, 0.15) is 6.61 Å². The summed E-state index contributed by atoms with van der Waals surface area (Å²) in [5, 5.41) is 4.67. The predicted molar refractivity (Wildman–Crippen MR) is 78.5 cm³/mol. The van der Waals surface area contributed by atoms with E-state index in [1.165, 1.54) is 6.07 Å². The summed E-state index contributed by atoms with van der Waals surface area (Å²) in [6, 6.07) is 13.9. The van der Waals surface area contributed by atoms with Crippen molar-refractivity contribution in [1.82, 2.24) is 5.32 Å². The van der Waals surface area contributed by atoms with Crippen LogP contribution in [0.5, 0.6) is 0 Å². The lowest BCUT2D eigenvalue weighted by Crippen LogP contribution is -2.21. The van der Waals surface area contributed by atoms with Gasteiger partial charge in [0, 0.05) is 0 Å². The van der Waals surface area contributed by atoms with Crippen molar-refractivity contribution in [3.63, 3.8) is 0 Å². The van der Waals surface area contributed by atoms with Crippen molar-refractivity contribution < 1.29 is 19.1 Å². The Bertz CT molecular complexity index is 756. The minimum atomic E-state index is -0.690. The standard InChI is InChI=1S/C16H12N2O4/c19-14-11-7-4-8-12(13(11)15(20)18-14)17-16(21)22-9-10-5-2-1-3-6-10/h1-8H,9H2,(H,17,21)(H,18,19,20). The summed E-state index contributed by atoms with van der Waals surface area (Å²) in [7, 11) is 0. The lowest BCUT2D eigenvalue weighted by atomic mass is 10.1. The highest BCUT2D eigenvalue weighted by Crippen LogP contribution is 2.24. The maximum absolute atomic E-state index is 11.8. The van der Waals surface area contributed by atoms with Crippen LogP contribution in [0, 0.1) is 0 Å². The number of carbonyl (C=O) groups is 3. The molecule has 0 fully saturated rings. The molecule has 0 spiro atoms. The van der Waals surface area contributed by atoms with Gasteiger partial charge >= 0.3 is 6.09 Å². The van der Waals surface area contributed by atoms with Crippen LogP contribution in [0.1, 0.15) is 26.3 Å². The van der Waals surface area contributed by atoms with Crippen LogP contribution in [0.2, 0.25) is 0 Å². The average molecular weight is 296 g/mol. The zero-order valence-corrected chi connectivity index (χ0v) is 11.5. The van der Waals surface area contributed by atoms with Gasteiger partial charge in [-0.3, -0.25) is 20.2 Å². The van der Waals surface area contributed by atoms with E-state index in [0.29, 0.717) is 0 Å². The van der Waals surface area contributed by atoms with Gasteiger partial charge in [0.2, 0.25) is 0 Å². The highest BCUT2D eigenvalue weighted by atomic mass is 16.5. The minimum absolute atomic E-state index is 0.118. The molecule has 22 heavy (non-hydrogen) atoms. The van der Waals surface area contributed by atoms with Gasteiger partial charge in [-0.25, -0.2) is 4.79 Å². The highest BCUT2D eigenvalue weighted by molar-refractivity contribution is 6.24. The van der Waals surface area contributed by atoms with Gasteiger partial charge in [-0.2, -0.15) is 0 Å². The lowest BCUT2D eigenvalue weighted by molar-refractivity contribution is 0.0880. The van der Waals surface area contributed by atoms with Crippen molar-refractivity contribution in [1.29, 1.82) is 0 Å². The van der Waals surface area contributed by atoms with Crippen LogP contribution in [-0.2, 0) is 11.3 Å². The van der Waals surface area contributed by atoms with Crippen LogP contribution in [0.25, 0.3) is 0 Å². The van der Waals surface area contributed by atoms with E-state index < -0.39 is 17.9 Å².